The lowest BCUT2D eigenvalue weighted by Crippen LogP contribution is -2.28. The van der Waals surface area contributed by atoms with Gasteiger partial charge in [-0.25, -0.2) is 0 Å². The van der Waals surface area contributed by atoms with Crippen LogP contribution in [0.15, 0.2) is 12.1 Å². The molecule has 3 N–H and O–H groups in total. The summed E-state index contributed by atoms with van der Waals surface area (Å²) in [5.41, 5.74) is 3.49. The molecule has 0 bridgehead atoms. The SMILES string of the molecule is C#CCCCC(NN)c1ccc(OC)nn1. The first-order valence-corrected chi connectivity index (χ1v) is 5.09. The highest BCUT2D eigenvalue weighted by Gasteiger charge is 2.11. The van der Waals surface area contributed by atoms with Crippen molar-refractivity contribution in [3.63, 3.8) is 0 Å². The summed E-state index contributed by atoms with van der Waals surface area (Å²) in [6.45, 7) is 0. The van der Waals surface area contributed by atoms with E-state index < -0.39 is 0 Å². The summed E-state index contributed by atoms with van der Waals surface area (Å²) in [6.07, 6.45) is 7.66. The van der Waals surface area contributed by atoms with Crippen molar-refractivity contribution >= 4 is 0 Å². The second-order valence-corrected chi connectivity index (χ2v) is 3.32. The van der Waals surface area contributed by atoms with Gasteiger partial charge < -0.3 is 4.74 Å². The first-order valence-electron chi connectivity index (χ1n) is 5.09. The van der Waals surface area contributed by atoms with E-state index in [-0.39, 0.29) is 6.04 Å². The summed E-state index contributed by atoms with van der Waals surface area (Å²) < 4.78 is 4.93. The second-order valence-electron chi connectivity index (χ2n) is 3.32. The highest BCUT2D eigenvalue weighted by molar-refractivity contribution is 5.13. The van der Waals surface area contributed by atoms with Crippen LogP contribution in [0.3, 0.4) is 0 Å². The van der Waals surface area contributed by atoms with Gasteiger partial charge in [0.05, 0.1) is 18.8 Å². The van der Waals surface area contributed by atoms with Gasteiger partial charge in [-0.2, -0.15) is 5.10 Å². The Hall–Kier alpha value is -1.64. The maximum Gasteiger partial charge on any atom is 0.233 e. The summed E-state index contributed by atoms with van der Waals surface area (Å²) in [6, 6.07) is 3.58. The number of hydrazine groups is 1. The third-order valence-corrected chi connectivity index (χ3v) is 2.24. The van der Waals surface area contributed by atoms with Gasteiger partial charge in [-0.3, -0.25) is 11.3 Å². The van der Waals surface area contributed by atoms with E-state index in [1.807, 2.05) is 6.07 Å². The van der Waals surface area contributed by atoms with Crippen LogP contribution in [0.2, 0.25) is 0 Å². The fourth-order valence-electron chi connectivity index (χ4n) is 1.35. The molecular weight excluding hydrogens is 204 g/mol. The lowest BCUT2D eigenvalue weighted by atomic mass is 10.1. The van der Waals surface area contributed by atoms with Crippen LogP contribution >= 0.6 is 0 Å². The number of hydrogen-bond donors (Lipinski definition) is 2. The zero-order valence-electron chi connectivity index (χ0n) is 9.31. The van der Waals surface area contributed by atoms with Crippen LogP contribution in [0.1, 0.15) is 31.0 Å². The van der Waals surface area contributed by atoms with E-state index in [0.29, 0.717) is 5.88 Å². The van der Waals surface area contributed by atoms with E-state index in [1.54, 1.807) is 13.2 Å². The van der Waals surface area contributed by atoms with Gasteiger partial charge in [0.2, 0.25) is 5.88 Å². The number of nitrogens with two attached hydrogens (primary N) is 1. The van der Waals surface area contributed by atoms with Gasteiger partial charge in [-0.1, -0.05) is 0 Å². The number of hydrogen-bond acceptors (Lipinski definition) is 5. The predicted octanol–water partition coefficient (Wildman–Crippen LogP) is 0.793. The number of aromatic nitrogens is 2. The number of rotatable bonds is 6. The van der Waals surface area contributed by atoms with Crippen LogP contribution < -0.4 is 16.0 Å². The quantitative estimate of drug-likeness (QED) is 0.321. The van der Waals surface area contributed by atoms with Crippen LogP contribution in [0.25, 0.3) is 0 Å². The normalized spacial score (nSPS) is 11.8. The largest absolute Gasteiger partial charge is 0.480 e. The number of unbranched alkanes of at least 4 members (excludes halogenated alkanes) is 1. The molecule has 1 aromatic rings. The molecule has 16 heavy (non-hydrogen) atoms. The van der Waals surface area contributed by atoms with Crippen molar-refractivity contribution in [3.8, 4) is 18.2 Å². The maximum atomic E-state index is 5.46. The lowest BCUT2D eigenvalue weighted by molar-refractivity contribution is 0.388. The standard InChI is InChI=1S/C11H16N4O/c1-3-4-5-6-9(13-12)10-7-8-11(16-2)15-14-10/h1,7-9,13H,4-6,12H2,2H3. The van der Waals surface area contributed by atoms with Gasteiger partial charge in [0.1, 0.15) is 0 Å². The number of nitrogens with one attached hydrogen (secondary N) is 1. The topological polar surface area (TPSA) is 73.1 Å². The Kier molecular flexibility index (Phi) is 5.26. The average Bonchev–Trinajstić information content (AvgIpc) is 2.35. The van der Waals surface area contributed by atoms with Gasteiger partial charge in [0.15, 0.2) is 0 Å². The Balaban J connectivity index is 2.60. The third kappa shape index (κ3) is 3.50. The van der Waals surface area contributed by atoms with Crippen molar-refractivity contribution in [2.24, 2.45) is 5.84 Å². The van der Waals surface area contributed by atoms with Crippen molar-refractivity contribution in [1.82, 2.24) is 15.6 Å². The van der Waals surface area contributed by atoms with Crippen LogP contribution in [-0.4, -0.2) is 17.3 Å². The molecule has 86 valence electrons. The summed E-state index contributed by atoms with van der Waals surface area (Å²) >= 11 is 0. The first kappa shape index (κ1) is 12.4. The van der Waals surface area contributed by atoms with Crippen LogP contribution in [0.4, 0.5) is 0 Å². The zero-order chi connectivity index (χ0) is 11.8. The van der Waals surface area contributed by atoms with Crippen molar-refractivity contribution in [3.05, 3.63) is 17.8 Å². The Bertz CT molecular complexity index is 344. The van der Waals surface area contributed by atoms with Crippen molar-refractivity contribution < 1.29 is 4.74 Å². The van der Waals surface area contributed by atoms with E-state index in [9.17, 15) is 0 Å². The molecule has 5 nitrogen and oxygen atoms in total. The first-order chi connectivity index (χ1) is 7.81. The van der Waals surface area contributed by atoms with Crippen LogP contribution in [0.5, 0.6) is 5.88 Å². The van der Waals surface area contributed by atoms with E-state index in [2.05, 4.69) is 21.5 Å². The predicted molar refractivity (Wildman–Crippen MR) is 61.3 cm³/mol. The van der Waals surface area contributed by atoms with Crippen LogP contribution in [0, 0.1) is 12.3 Å². The molecule has 1 aromatic heterocycles. The lowest BCUT2D eigenvalue weighted by Gasteiger charge is -2.13. The number of methoxy groups -OCH3 is 1. The number of terminal acetylenes is 1. The Morgan fingerprint density at radius 3 is 2.88 bits per heavy atom. The molecule has 0 aliphatic rings. The summed E-state index contributed by atoms with van der Waals surface area (Å²) in [5.74, 6) is 8.54. The van der Waals surface area contributed by atoms with Crippen LogP contribution in [-0.2, 0) is 0 Å². The molecule has 0 saturated heterocycles. The highest BCUT2D eigenvalue weighted by atomic mass is 16.5. The van der Waals surface area contributed by atoms with Crippen molar-refractivity contribution in [2.75, 3.05) is 7.11 Å². The molecule has 0 saturated carbocycles. The molecule has 0 radical (unpaired) electrons. The van der Waals surface area contributed by atoms with E-state index >= 15 is 0 Å². The summed E-state index contributed by atoms with van der Waals surface area (Å²) in [7, 11) is 1.55. The summed E-state index contributed by atoms with van der Waals surface area (Å²) in [5, 5.41) is 7.92. The van der Waals surface area contributed by atoms with Gasteiger partial charge >= 0.3 is 0 Å². The van der Waals surface area contributed by atoms with Crippen molar-refractivity contribution in [2.45, 2.75) is 25.3 Å². The minimum atomic E-state index is -0.0215. The molecule has 0 amide bonds. The Labute approximate surface area is 95.4 Å². The summed E-state index contributed by atoms with van der Waals surface area (Å²) in [4.78, 5) is 0. The average molecular weight is 220 g/mol. The number of nitrogens with zero attached hydrogens (tertiary/aromatic N) is 2. The van der Waals surface area contributed by atoms with Gasteiger partial charge in [-0.15, -0.1) is 17.4 Å². The molecule has 0 aliphatic carbocycles. The third-order valence-electron chi connectivity index (χ3n) is 2.24. The van der Waals surface area contributed by atoms with Crippen molar-refractivity contribution in [1.29, 1.82) is 0 Å². The fraction of sp³-hybridized carbons (Fsp3) is 0.455. The highest BCUT2D eigenvalue weighted by Crippen LogP contribution is 2.16. The molecule has 1 rings (SSSR count). The monoisotopic (exact) mass is 220 g/mol. The fourth-order valence-corrected chi connectivity index (χ4v) is 1.35. The van der Waals surface area contributed by atoms with Gasteiger partial charge in [-0.05, 0) is 18.9 Å². The molecular formula is C11H16N4O. The minimum absolute atomic E-state index is 0.0215. The molecule has 1 atom stereocenters. The molecule has 0 fully saturated rings. The zero-order valence-corrected chi connectivity index (χ0v) is 9.31. The Morgan fingerprint density at radius 1 is 1.56 bits per heavy atom. The smallest absolute Gasteiger partial charge is 0.233 e. The minimum Gasteiger partial charge on any atom is -0.480 e. The molecule has 0 spiro atoms. The molecule has 5 heteroatoms. The molecule has 1 heterocycles. The van der Waals surface area contributed by atoms with E-state index in [0.717, 1.165) is 25.0 Å². The van der Waals surface area contributed by atoms with E-state index in [4.69, 9.17) is 17.0 Å². The van der Waals surface area contributed by atoms with Gasteiger partial charge in [0.25, 0.3) is 0 Å². The molecule has 1 unspecified atom stereocenters. The maximum absolute atomic E-state index is 5.46. The second kappa shape index (κ2) is 6.77. The molecule has 0 aromatic carbocycles. The Morgan fingerprint density at radius 2 is 2.38 bits per heavy atom. The number of ether oxygens (including phenoxy) is 1. The van der Waals surface area contributed by atoms with E-state index in [1.165, 1.54) is 0 Å². The van der Waals surface area contributed by atoms with Gasteiger partial charge in [0, 0.05) is 12.5 Å². The molecule has 0 aliphatic heterocycles.